The average Bonchev–Trinajstić information content (AvgIpc) is 3.19. The van der Waals surface area contributed by atoms with E-state index < -0.39 is 17.2 Å². The minimum Gasteiger partial charge on any atom is -0.335 e. The van der Waals surface area contributed by atoms with Gasteiger partial charge in [-0.2, -0.15) is 5.10 Å². The fraction of sp³-hybridized carbons (Fsp3) is 0.381. The third-order valence-corrected chi connectivity index (χ3v) is 6.24. The van der Waals surface area contributed by atoms with E-state index in [9.17, 15) is 14.4 Å². The van der Waals surface area contributed by atoms with Gasteiger partial charge in [-0.15, -0.1) is 0 Å². The van der Waals surface area contributed by atoms with Gasteiger partial charge < -0.3 is 10.3 Å². The molecule has 4 rings (SSSR count). The van der Waals surface area contributed by atoms with Crippen molar-refractivity contribution >= 4 is 34.7 Å². The number of nitrogens with one attached hydrogen (secondary N) is 3. The van der Waals surface area contributed by atoms with Gasteiger partial charge in [0.05, 0.1) is 17.1 Å². The molecule has 0 spiro atoms. The number of amides is 3. The normalized spacial score (nSPS) is 15.5. The molecule has 3 amide bonds. The van der Waals surface area contributed by atoms with Crippen molar-refractivity contribution in [2.45, 2.75) is 55.5 Å². The number of para-hydroxylation sites is 1. The number of carbonyl (C=O) groups is 2. The van der Waals surface area contributed by atoms with Crippen molar-refractivity contribution in [1.82, 2.24) is 30.4 Å². The fourth-order valence-corrected chi connectivity index (χ4v) is 4.41. The lowest BCUT2D eigenvalue weighted by Crippen LogP contribution is -2.47. The molecule has 9 nitrogen and oxygen atoms in total. The summed E-state index contributed by atoms with van der Waals surface area (Å²) in [7, 11) is 0. The first-order valence-corrected chi connectivity index (χ1v) is 11.2. The molecule has 10 heteroatoms. The van der Waals surface area contributed by atoms with Crippen LogP contribution in [0.4, 0.5) is 4.79 Å². The van der Waals surface area contributed by atoms with Crippen LogP contribution in [0, 0.1) is 0 Å². The number of nitrogens with zero attached hydrogens (tertiary/aromatic N) is 3. The van der Waals surface area contributed by atoms with Gasteiger partial charge in [-0.1, -0.05) is 49.2 Å². The van der Waals surface area contributed by atoms with Crippen LogP contribution < -0.4 is 16.2 Å². The van der Waals surface area contributed by atoms with Crippen LogP contribution in [0.1, 0.15) is 39.0 Å². The number of hydrogen-bond donors (Lipinski definition) is 3. The Labute approximate surface area is 183 Å². The number of imide groups is 1. The van der Waals surface area contributed by atoms with Crippen molar-refractivity contribution in [2.75, 3.05) is 0 Å². The molecule has 31 heavy (non-hydrogen) atoms. The van der Waals surface area contributed by atoms with Crippen LogP contribution in [0.2, 0.25) is 0 Å². The Morgan fingerprint density at radius 3 is 2.68 bits per heavy atom. The van der Waals surface area contributed by atoms with E-state index in [4.69, 9.17) is 0 Å². The first kappa shape index (κ1) is 21.1. The largest absolute Gasteiger partial charge is 0.335 e. The van der Waals surface area contributed by atoms with Crippen LogP contribution in [-0.2, 0) is 4.79 Å². The summed E-state index contributed by atoms with van der Waals surface area (Å²) in [6, 6.07) is 8.99. The Hall–Kier alpha value is -3.14. The number of benzene rings is 1. The lowest BCUT2D eigenvalue weighted by Gasteiger charge is -2.23. The highest BCUT2D eigenvalue weighted by atomic mass is 32.2. The van der Waals surface area contributed by atoms with E-state index in [1.165, 1.54) is 12.6 Å². The van der Waals surface area contributed by atoms with E-state index in [1.54, 1.807) is 11.6 Å². The number of rotatable bonds is 5. The van der Waals surface area contributed by atoms with Gasteiger partial charge in [0.25, 0.3) is 5.56 Å². The van der Waals surface area contributed by atoms with Gasteiger partial charge in [0, 0.05) is 6.04 Å². The molecule has 1 atom stereocenters. The standard InChI is InChI=1S/C21H24N6O3S/c1-13(18(28)25-20(30)23-14-8-4-2-5-9-14)31-21-24-17-16(19(29)26-21)12-22-27(17)15-10-6-3-7-11-15/h3,6-7,10-14H,2,4-5,8-9H2,1H3,(H,24,26,29)(H2,23,25,28,30)/t13-/m1/s1. The zero-order valence-corrected chi connectivity index (χ0v) is 17.9. The van der Waals surface area contributed by atoms with Crippen LogP contribution in [0.3, 0.4) is 0 Å². The minimum absolute atomic E-state index is 0.114. The Bertz CT molecular complexity index is 1140. The minimum atomic E-state index is -0.634. The molecule has 0 aliphatic heterocycles. The smallest absolute Gasteiger partial charge is 0.321 e. The summed E-state index contributed by atoms with van der Waals surface area (Å²) in [6.07, 6.45) is 6.70. The molecular weight excluding hydrogens is 416 g/mol. The molecule has 1 aromatic carbocycles. The first-order chi connectivity index (χ1) is 15.0. The van der Waals surface area contributed by atoms with Crippen LogP contribution in [0.15, 0.2) is 46.5 Å². The number of aromatic amines is 1. The van der Waals surface area contributed by atoms with Crippen LogP contribution in [0.25, 0.3) is 16.7 Å². The van der Waals surface area contributed by atoms with E-state index in [0.29, 0.717) is 11.0 Å². The van der Waals surface area contributed by atoms with E-state index in [0.717, 1.165) is 43.1 Å². The third kappa shape index (κ3) is 4.96. The molecule has 3 N–H and O–H groups in total. The summed E-state index contributed by atoms with van der Waals surface area (Å²) in [5, 5.41) is 9.52. The number of carbonyl (C=O) groups excluding carboxylic acids is 2. The molecule has 1 aliphatic rings. The summed E-state index contributed by atoms with van der Waals surface area (Å²) >= 11 is 1.08. The highest BCUT2D eigenvalue weighted by Crippen LogP contribution is 2.22. The van der Waals surface area contributed by atoms with Crippen LogP contribution in [0.5, 0.6) is 0 Å². The van der Waals surface area contributed by atoms with Gasteiger partial charge in [-0.3, -0.25) is 14.9 Å². The highest BCUT2D eigenvalue weighted by molar-refractivity contribution is 8.00. The van der Waals surface area contributed by atoms with E-state index in [1.807, 2.05) is 30.3 Å². The number of H-pyrrole nitrogens is 1. The Morgan fingerprint density at radius 2 is 1.94 bits per heavy atom. The maximum atomic E-state index is 12.5. The zero-order chi connectivity index (χ0) is 21.8. The summed E-state index contributed by atoms with van der Waals surface area (Å²) in [5.74, 6) is -0.447. The molecule has 0 radical (unpaired) electrons. The van der Waals surface area contributed by atoms with Crippen molar-refractivity contribution in [1.29, 1.82) is 0 Å². The monoisotopic (exact) mass is 440 g/mol. The molecule has 0 saturated heterocycles. The SMILES string of the molecule is C[C@@H](Sc1nc2c(cnn2-c2ccccc2)c(=O)[nH]1)C(=O)NC(=O)NC1CCCCC1. The van der Waals surface area contributed by atoms with Gasteiger partial charge in [0.15, 0.2) is 10.8 Å². The van der Waals surface area contributed by atoms with Crippen molar-refractivity contribution < 1.29 is 9.59 Å². The van der Waals surface area contributed by atoms with Gasteiger partial charge in [0.1, 0.15) is 5.39 Å². The van der Waals surface area contributed by atoms with Crippen molar-refractivity contribution in [3.63, 3.8) is 0 Å². The Kier molecular flexibility index (Phi) is 6.36. The first-order valence-electron chi connectivity index (χ1n) is 10.3. The molecule has 0 bridgehead atoms. The highest BCUT2D eigenvalue weighted by Gasteiger charge is 2.22. The molecule has 162 valence electrons. The Balaban J connectivity index is 1.45. The molecule has 2 aromatic heterocycles. The maximum absolute atomic E-state index is 12.5. The topological polar surface area (TPSA) is 122 Å². The quantitative estimate of drug-likeness (QED) is 0.414. The van der Waals surface area contributed by atoms with Gasteiger partial charge in [-0.05, 0) is 31.9 Å². The van der Waals surface area contributed by atoms with Gasteiger partial charge >= 0.3 is 6.03 Å². The third-order valence-electron chi connectivity index (χ3n) is 5.25. The number of urea groups is 1. The summed E-state index contributed by atoms with van der Waals surface area (Å²) < 4.78 is 1.58. The molecule has 3 aromatic rings. The maximum Gasteiger partial charge on any atom is 0.321 e. The van der Waals surface area contributed by atoms with Crippen LogP contribution in [-0.4, -0.2) is 43.0 Å². The lowest BCUT2D eigenvalue weighted by molar-refractivity contribution is -0.119. The second kappa shape index (κ2) is 9.34. The van der Waals surface area contributed by atoms with Gasteiger partial charge in [0.2, 0.25) is 5.91 Å². The van der Waals surface area contributed by atoms with E-state index in [2.05, 4.69) is 25.7 Å². The summed E-state index contributed by atoms with van der Waals surface area (Å²) in [4.78, 5) is 44.2. The van der Waals surface area contributed by atoms with E-state index >= 15 is 0 Å². The predicted octanol–water partition coefficient (Wildman–Crippen LogP) is 2.75. The number of hydrogen-bond acceptors (Lipinski definition) is 6. The average molecular weight is 441 g/mol. The number of aromatic nitrogens is 4. The lowest BCUT2D eigenvalue weighted by atomic mass is 9.96. The summed E-state index contributed by atoms with van der Waals surface area (Å²) in [5.41, 5.74) is 0.842. The van der Waals surface area contributed by atoms with Crippen LogP contribution >= 0.6 is 11.8 Å². The fourth-order valence-electron chi connectivity index (χ4n) is 3.62. The molecule has 1 fully saturated rings. The number of fused-ring (bicyclic) bond motifs is 1. The molecule has 0 unspecified atom stereocenters. The Morgan fingerprint density at radius 1 is 1.19 bits per heavy atom. The van der Waals surface area contributed by atoms with Gasteiger partial charge in [-0.25, -0.2) is 14.5 Å². The van der Waals surface area contributed by atoms with Crippen molar-refractivity contribution in [3.05, 3.63) is 46.9 Å². The molecular formula is C21H24N6O3S. The molecule has 1 saturated carbocycles. The second-order valence-corrected chi connectivity index (χ2v) is 8.89. The zero-order valence-electron chi connectivity index (χ0n) is 17.1. The number of thioether (sulfide) groups is 1. The van der Waals surface area contributed by atoms with E-state index in [-0.39, 0.29) is 16.8 Å². The van der Waals surface area contributed by atoms with Crippen molar-refractivity contribution in [3.8, 4) is 5.69 Å². The molecule has 1 aliphatic carbocycles. The van der Waals surface area contributed by atoms with Crippen molar-refractivity contribution in [2.24, 2.45) is 0 Å². The molecule has 2 heterocycles. The second-order valence-electron chi connectivity index (χ2n) is 7.56. The summed E-state index contributed by atoms with van der Waals surface area (Å²) in [6.45, 7) is 1.66. The predicted molar refractivity (Wildman–Crippen MR) is 118 cm³/mol.